The van der Waals surface area contributed by atoms with E-state index >= 15 is 0 Å². The van der Waals surface area contributed by atoms with Crippen molar-refractivity contribution in [1.82, 2.24) is 5.32 Å². The molecule has 0 saturated carbocycles. The number of hydrogen-bond donors (Lipinski definition) is 3. The van der Waals surface area contributed by atoms with Crippen LogP contribution in [0.15, 0.2) is 17.5 Å². The van der Waals surface area contributed by atoms with Crippen LogP contribution in [0, 0.1) is 0 Å². The van der Waals surface area contributed by atoms with Crippen molar-refractivity contribution in [1.29, 1.82) is 0 Å². The molecule has 1 amide bonds. The molecule has 1 atom stereocenters. The molecular weight excluding hydrogens is 246 g/mol. The molecule has 0 aliphatic rings. The molecule has 1 aromatic heterocycles. The Kier molecular flexibility index (Phi) is 4.65. The number of carbonyl (C=O) groups excluding carboxylic acids is 1. The van der Waals surface area contributed by atoms with E-state index in [1.54, 1.807) is 17.5 Å². The fourth-order valence-corrected chi connectivity index (χ4v) is 1.89. The average molecular weight is 257 g/mol. The Balaban J connectivity index is 2.52. The molecule has 1 aromatic rings. The van der Waals surface area contributed by atoms with Crippen molar-refractivity contribution >= 4 is 29.2 Å². The highest BCUT2D eigenvalue weighted by atomic mass is 32.1. The smallest absolute Gasteiger partial charge is 0.326 e. The van der Waals surface area contributed by atoms with E-state index in [0.717, 1.165) is 4.88 Å². The predicted molar refractivity (Wildman–Crippen MR) is 59.8 cm³/mol. The second kappa shape index (κ2) is 6.00. The van der Waals surface area contributed by atoms with Crippen LogP contribution in [0.3, 0.4) is 0 Å². The van der Waals surface area contributed by atoms with Crippen molar-refractivity contribution in [2.24, 2.45) is 0 Å². The summed E-state index contributed by atoms with van der Waals surface area (Å²) in [6, 6.07) is 2.14. The Labute approximate surface area is 101 Å². The van der Waals surface area contributed by atoms with Crippen molar-refractivity contribution in [3.63, 3.8) is 0 Å². The van der Waals surface area contributed by atoms with Gasteiger partial charge in [0.2, 0.25) is 5.91 Å². The lowest BCUT2D eigenvalue weighted by Gasteiger charge is -2.11. The van der Waals surface area contributed by atoms with Crippen LogP contribution in [0.4, 0.5) is 0 Å². The highest BCUT2D eigenvalue weighted by Gasteiger charge is 2.22. The lowest BCUT2D eigenvalue weighted by molar-refractivity contribution is -0.147. The number of hydrogen-bond acceptors (Lipinski definition) is 4. The van der Waals surface area contributed by atoms with Gasteiger partial charge in [-0.05, 0) is 11.4 Å². The number of amides is 1. The minimum absolute atomic E-state index is 0.0566. The van der Waals surface area contributed by atoms with E-state index in [1.807, 2.05) is 0 Å². The lowest BCUT2D eigenvalue weighted by atomic mass is 10.2. The fraction of sp³-hybridized carbons (Fsp3) is 0.300. The summed E-state index contributed by atoms with van der Waals surface area (Å²) in [5, 5.41) is 21.2. The molecule has 0 fully saturated rings. The molecule has 0 aliphatic heterocycles. The number of carboxylic acids is 2. The van der Waals surface area contributed by atoms with E-state index in [1.165, 1.54) is 11.3 Å². The highest BCUT2D eigenvalue weighted by molar-refractivity contribution is 7.10. The molecule has 0 aliphatic carbocycles. The van der Waals surface area contributed by atoms with Crippen LogP contribution in [0.1, 0.15) is 11.3 Å². The van der Waals surface area contributed by atoms with Gasteiger partial charge in [-0.15, -0.1) is 11.3 Å². The van der Waals surface area contributed by atoms with Gasteiger partial charge in [0.05, 0.1) is 12.8 Å². The zero-order valence-electron chi connectivity index (χ0n) is 8.75. The molecule has 3 N–H and O–H groups in total. The van der Waals surface area contributed by atoms with Gasteiger partial charge in [0.1, 0.15) is 6.04 Å². The van der Waals surface area contributed by atoms with E-state index < -0.39 is 30.3 Å². The van der Waals surface area contributed by atoms with E-state index in [9.17, 15) is 14.4 Å². The van der Waals surface area contributed by atoms with Crippen LogP contribution in [-0.4, -0.2) is 34.1 Å². The first-order valence-corrected chi connectivity index (χ1v) is 5.63. The molecule has 1 rings (SSSR count). The SMILES string of the molecule is O=C(O)C[C@@H](NC(=O)Cc1cccs1)C(=O)O. The second-order valence-corrected chi connectivity index (χ2v) is 4.34. The second-order valence-electron chi connectivity index (χ2n) is 3.31. The minimum Gasteiger partial charge on any atom is -0.481 e. The van der Waals surface area contributed by atoms with Gasteiger partial charge < -0.3 is 15.5 Å². The van der Waals surface area contributed by atoms with Gasteiger partial charge in [0.25, 0.3) is 0 Å². The van der Waals surface area contributed by atoms with Gasteiger partial charge in [-0.1, -0.05) is 6.07 Å². The van der Waals surface area contributed by atoms with Gasteiger partial charge in [-0.3, -0.25) is 9.59 Å². The maximum absolute atomic E-state index is 11.4. The molecule has 0 bridgehead atoms. The largest absolute Gasteiger partial charge is 0.481 e. The zero-order chi connectivity index (χ0) is 12.8. The summed E-state index contributed by atoms with van der Waals surface area (Å²) in [4.78, 5) is 33.3. The van der Waals surface area contributed by atoms with Crippen molar-refractivity contribution in [2.45, 2.75) is 18.9 Å². The molecule has 1 heterocycles. The zero-order valence-corrected chi connectivity index (χ0v) is 9.57. The average Bonchev–Trinajstić information content (AvgIpc) is 2.68. The number of nitrogens with one attached hydrogen (secondary N) is 1. The summed E-state index contributed by atoms with van der Waals surface area (Å²) < 4.78 is 0. The lowest BCUT2D eigenvalue weighted by Crippen LogP contribution is -2.42. The fourth-order valence-electron chi connectivity index (χ4n) is 1.19. The molecule has 0 spiro atoms. The molecule has 0 saturated heterocycles. The Morgan fingerprint density at radius 2 is 2.06 bits per heavy atom. The molecule has 7 heteroatoms. The normalized spacial score (nSPS) is 11.8. The summed E-state index contributed by atoms with van der Waals surface area (Å²) in [5.74, 6) is -3.12. The van der Waals surface area contributed by atoms with Crippen LogP contribution in [0.2, 0.25) is 0 Å². The van der Waals surface area contributed by atoms with E-state index in [0.29, 0.717) is 0 Å². The topological polar surface area (TPSA) is 104 Å². The third-order valence-corrected chi connectivity index (χ3v) is 2.80. The molecule has 0 aromatic carbocycles. The van der Waals surface area contributed by atoms with Crippen molar-refractivity contribution in [3.8, 4) is 0 Å². The van der Waals surface area contributed by atoms with Gasteiger partial charge in [-0.25, -0.2) is 4.79 Å². The Hall–Kier alpha value is -1.89. The first kappa shape index (κ1) is 13.2. The number of aliphatic carboxylic acids is 2. The monoisotopic (exact) mass is 257 g/mol. The van der Waals surface area contributed by atoms with Crippen molar-refractivity contribution in [2.75, 3.05) is 0 Å². The predicted octanol–water partition coefficient (Wildman–Crippen LogP) is 0.335. The molecule has 6 nitrogen and oxygen atoms in total. The molecule has 0 unspecified atom stereocenters. The van der Waals surface area contributed by atoms with Gasteiger partial charge >= 0.3 is 11.9 Å². The summed E-state index contributed by atoms with van der Waals surface area (Å²) in [5.41, 5.74) is 0. The Bertz CT molecular complexity index is 414. The van der Waals surface area contributed by atoms with Crippen LogP contribution >= 0.6 is 11.3 Å². The standard InChI is InChI=1S/C10H11NO5S/c12-8(4-6-2-1-3-17-6)11-7(10(15)16)5-9(13)14/h1-3,7H,4-5H2,(H,11,12)(H,13,14)(H,15,16)/t7-/m1/s1. The number of rotatable bonds is 6. The maximum Gasteiger partial charge on any atom is 0.326 e. The van der Waals surface area contributed by atoms with Gasteiger partial charge in [0.15, 0.2) is 0 Å². The highest BCUT2D eigenvalue weighted by Crippen LogP contribution is 2.09. The van der Waals surface area contributed by atoms with E-state index in [-0.39, 0.29) is 6.42 Å². The Morgan fingerprint density at radius 3 is 2.53 bits per heavy atom. The van der Waals surface area contributed by atoms with Crippen molar-refractivity contribution in [3.05, 3.63) is 22.4 Å². The molecular formula is C10H11NO5S. The van der Waals surface area contributed by atoms with Gasteiger partial charge in [0, 0.05) is 4.88 Å². The van der Waals surface area contributed by atoms with Crippen LogP contribution in [0.25, 0.3) is 0 Å². The minimum atomic E-state index is -1.39. The number of thiophene rings is 1. The van der Waals surface area contributed by atoms with Crippen LogP contribution < -0.4 is 5.32 Å². The van der Waals surface area contributed by atoms with Crippen LogP contribution in [-0.2, 0) is 20.8 Å². The third-order valence-electron chi connectivity index (χ3n) is 1.93. The summed E-state index contributed by atoms with van der Waals surface area (Å²) in [6.45, 7) is 0. The van der Waals surface area contributed by atoms with Crippen LogP contribution in [0.5, 0.6) is 0 Å². The Morgan fingerprint density at radius 1 is 1.35 bits per heavy atom. The molecule has 17 heavy (non-hydrogen) atoms. The molecule has 92 valence electrons. The summed E-state index contributed by atoms with van der Waals surface area (Å²) >= 11 is 1.38. The summed E-state index contributed by atoms with van der Waals surface area (Å²) in [6.07, 6.45) is -0.577. The first-order chi connectivity index (χ1) is 7.99. The third kappa shape index (κ3) is 4.64. The number of carbonyl (C=O) groups is 3. The van der Waals surface area contributed by atoms with E-state index in [2.05, 4.69) is 5.32 Å². The molecule has 0 radical (unpaired) electrons. The summed E-state index contributed by atoms with van der Waals surface area (Å²) in [7, 11) is 0. The maximum atomic E-state index is 11.4. The first-order valence-electron chi connectivity index (χ1n) is 4.75. The van der Waals surface area contributed by atoms with Gasteiger partial charge in [-0.2, -0.15) is 0 Å². The van der Waals surface area contributed by atoms with Crippen molar-refractivity contribution < 1.29 is 24.6 Å². The van der Waals surface area contributed by atoms with E-state index in [4.69, 9.17) is 10.2 Å². The quantitative estimate of drug-likeness (QED) is 0.681. The number of carboxylic acid groups (broad SMARTS) is 2.